The van der Waals surface area contributed by atoms with Crippen LogP contribution in [0.15, 0.2) is 47.6 Å². The van der Waals surface area contributed by atoms with E-state index in [1.54, 1.807) is 31.2 Å². The zero-order valence-electron chi connectivity index (χ0n) is 15.3. The molecule has 2 N–H and O–H groups in total. The summed E-state index contributed by atoms with van der Waals surface area (Å²) >= 11 is 0. The lowest BCUT2D eigenvalue weighted by molar-refractivity contribution is -0.138. The number of hydrogen-bond acceptors (Lipinski definition) is 4. The van der Waals surface area contributed by atoms with E-state index >= 15 is 0 Å². The number of halogens is 1. The maximum Gasteiger partial charge on any atom is 0.338 e. The second-order valence-electron chi connectivity index (χ2n) is 5.37. The number of allylic oxidation sites excluding steroid dienone is 3. The first-order valence-corrected chi connectivity index (χ1v) is 8.28. The molecule has 0 aliphatic rings. The van der Waals surface area contributed by atoms with E-state index in [2.05, 4.69) is 0 Å². The molecule has 0 aliphatic carbocycles. The van der Waals surface area contributed by atoms with Crippen molar-refractivity contribution in [3.05, 3.63) is 59.0 Å². The highest BCUT2D eigenvalue weighted by molar-refractivity contribution is 6.03. The van der Waals surface area contributed by atoms with E-state index in [1.807, 2.05) is 19.9 Å². The molecule has 1 aromatic rings. The minimum atomic E-state index is -0.520. The molecular formula is C20H26FNO3. The number of rotatable bonds is 8. The van der Waals surface area contributed by atoms with Crippen molar-refractivity contribution in [2.75, 3.05) is 20.3 Å². The van der Waals surface area contributed by atoms with Crippen LogP contribution in [0.3, 0.4) is 0 Å². The van der Waals surface area contributed by atoms with E-state index in [9.17, 15) is 9.18 Å². The third kappa shape index (κ3) is 5.57. The molecular weight excluding hydrogens is 321 g/mol. The van der Waals surface area contributed by atoms with Gasteiger partial charge in [-0.05, 0) is 32.4 Å². The monoisotopic (exact) mass is 347 g/mol. The van der Waals surface area contributed by atoms with Gasteiger partial charge in [0.15, 0.2) is 0 Å². The Bertz CT molecular complexity index is 690. The van der Waals surface area contributed by atoms with Crippen LogP contribution < -0.4 is 10.5 Å². The molecule has 1 aromatic carbocycles. The van der Waals surface area contributed by atoms with Gasteiger partial charge in [0, 0.05) is 12.1 Å². The summed E-state index contributed by atoms with van der Waals surface area (Å²) in [6.07, 6.45) is 5.90. The molecule has 1 rings (SSSR count). The molecule has 5 heteroatoms. The van der Waals surface area contributed by atoms with Crippen molar-refractivity contribution in [3.63, 3.8) is 0 Å². The molecule has 0 saturated carbocycles. The number of carbonyl (C=O) groups is 1. The largest absolute Gasteiger partial charge is 0.496 e. The molecule has 0 spiro atoms. The fraction of sp³-hybridized carbons (Fsp3) is 0.350. The summed E-state index contributed by atoms with van der Waals surface area (Å²) in [7, 11) is 1.46. The third-order valence-corrected chi connectivity index (χ3v) is 3.48. The van der Waals surface area contributed by atoms with Crippen LogP contribution in [0.4, 0.5) is 4.39 Å². The van der Waals surface area contributed by atoms with Crippen LogP contribution >= 0.6 is 0 Å². The maximum atomic E-state index is 14.6. The molecule has 0 aliphatic heterocycles. The highest BCUT2D eigenvalue weighted by Gasteiger charge is 2.20. The molecule has 0 radical (unpaired) electrons. The SMILES string of the molecule is CC/C=C/C(C(=O)OCC)=C(\C=C(/C)CN)c1c(F)cccc1OC. The number of carbonyl (C=O) groups excluding carboxylic acids is 1. The Balaban J connectivity index is 3.81. The second kappa shape index (κ2) is 10.5. The summed E-state index contributed by atoms with van der Waals surface area (Å²) in [6, 6.07) is 4.53. The molecule has 4 nitrogen and oxygen atoms in total. The van der Waals surface area contributed by atoms with Gasteiger partial charge in [-0.15, -0.1) is 0 Å². The van der Waals surface area contributed by atoms with Gasteiger partial charge in [-0.3, -0.25) is 0 Å². The molecule has 0 saturated heterocycles. The van der Waals surface area contributed by atoms with E-state index in [0.29, 0.717) is 11.3 Å². The van der Waals surface area contributed by atoms with Crippen molar-refractivity contribution in [1.82, 2.24) is 0 Å². The van der Waals surface area contributed by atoms with Gasteiger partial charge < -0.3 is 15.2 Å². The molecule has 0 unspecified atom stereocenters. The zero-order chi connectivity index (χ0) is 18.8. The smallest absolute Gasteiger partial charge is 0.338 e. The normalized spacial score (nSPS) is 13.0. The molecule has 136 valence electrons. The first kappa shape index (κ1) is 20.6. The fourth-order valence-electron chi connectivity index (χ4n) is 2.24. The van der Waals surface area contributed by atoms with E-state index in [0.717, 1.165) is 12.0 Å². The van der Waals surface area contributed by atoms with Crippen LogP contribution in [0, 0.1) is 5.82 Å². The van der Waals surface area contributed by atoms with Crippen molar-refractivity contribution in [2.24, 2.45) is 5.73 Å². The van der Waals surface area contributed by atoms with Gasteiger partial charge in [-0.2, -0.15) is 0 Å². The molecule has 0 fully saturated rings. The second-order valence-corrected chi connectivity index (χ2v) is 5.37. The standard InChI is InChI=1S/C20H26FNO3/c1-5-7-9-15(20(23)25-6-2)16(12-14(3)13-22)19-17(21)10-8-11-18(19)24-4/h7-12H,5-6,13,22H2,1-4H3/b9-7+,14-12+,16-15-. The number of methoxy groups -OCH3 is 1. The number of nitrogens with two attached hydrogens (primary N) is 1. The van der Waals surface area contributed by atoms with Crippen molar-refractivity contribution < 1.29 is 18.7 Å². The van der Waals surface area contributed by atoms with Crippen LogP contribution in [0.5, 0.6) is 5.75 Å². The fourth-order valence-corrected chi connectivity index (χ4v) is 2.24. The van der Waals surface area contributed by atoms with Gasteiger partial charge in [0.1, 0.15) is 11.6 Å². The Morgan fingerprint density at radius 3 is 2.60 bits per heavy atom. The lowest BCUT2D eigenvalue weighted by atomic mass is 9.95. The zero-order valence-corrected chi connectivity index (χ0v) is 15.3. The molecule has 0 atom stereocenters. The van der Waals surface area contributed by atoms with E-state index in [-0.39, 0.29) is 24.3 Å². The number of ether oxygens (including phenoxy) is 2. The lowest BCUT2D eigenvalue weighted by Crippen LogP contribution is -2.10. The van der Waals surface area contributed by atoms with Crippen LogP contribution in [-0.4, -0.2) is 26.2 Å². The van der Waals surface area contributed by atoms with Gasteiger partial charge in [0.05, 0.1) is 24.9 Å². The Labute approximate surface area is 148 Å². The van der Waals surface area contributed by atoms with Crippen molar-refractivity contribution in [1.29, 1.82) is 0 Å². The summed E-state index contributed by atoms with van der Waals surface area (Å²) in [5, 5.41) is 0. The predicted octanol–water partition coefficient (Wildman–Crippen LogP) is 4.02. The van der Waals surface area contributed by atoms with Crippen LogP contribution in [0.25, 0.3) is 5.57 Å². The summed E-state index contributed by atoms with van der Waals surface area (Å²) in [4.78, 5) is 12.5. The van der Waals surface area contributed by atoms with Gasteiger partial charge in [-0.25, -0.2) is 9.18 Å². The van der Waals surface area contributed by atoms with Crippen LogP contribution in [0.1, 0.15) is 32.8 Å². The Morgan fingerprint density at radius 2 is 2.04 bits per heavy atom. The Hall–Kier alpha value is -2.40. The summed E-state index contributed by atoms with van der Waals surface area (Å²) in [5.41, 5.74) is 7.35. The number of esters is 1. The number of hydrogen-bond donors (Lipinski definition) is 1. The maximum absolute atomic E-state index is 14.6. The molecule has 0 aromatic heterocycles. The predicted molar refractivity (Wildman–Crippen MR) is 98.7 cm³/mol. The van der Waals surface area contributed by atoms with Crippen molar-refractivity contribution in [3.8, 4) is 5.75 Å². The molecule has 0 bridgehead atoms. The van der Waals surface area contributed by atoms with Gasteiger partial charge in [-0.1, -0.05) is 36.8 Å². The molecule has 0 amide bonds. The lowest BCUT2D eigenvalue weighted by Gasteiger charge is -2.15. The Morgan fingerprint density at radius 1 is 1.32 bits per heavy atom. The quantitative estimate of drug-likeness (QED) is 0.438. The Kier molecular flexibility index (Phi) is 8.64. The van der Waals surface area contributed by atoms with Gasteiger partial charge in [0.2, 0.25) is 0 Å². The van der Waals surface area contributed by atoms with Crippen molar-refractivity contribution >= 4 is 11.5 Å². The van der Waals surface area contributed by atoms with Crippen molar-refractivity contribution in [2.45, 2.75) is 27.2 Å². The first-order chi connectivity index (χ1) is 12.0. The highest BCUT2D eigenvalue weighted by atomic mass is 19.1. The summed E-state index contributed by atoms with van der Waals surface area (Å²) in [6.45, 7) is 6.00. The van der Waals surface area contributed by atoms with Gasteiger partial charge in [0.25, 0.3) is 0 Å². The first-order valence-electron chi connectivity index (χ1n) is 8.28. The number of benzene rings is 1. The van der Waals surface area contributed by atoms with E-state index < -0.39 is 11.8 Å². The van der Waals surface area contributed by atoms with Crippen LogP contribution in [0.2, 0.25) is 0 Å². The van der Waals surface area contributed by atoms with Crippen LogP contribution in [-0.2, 0) is 9.53 Å². The highest BCUT2D eigenvalue weighted by Crippen LogP contribution is 2.33. The average molecular weight is 347 g/mol. The summed E-state index contributed by atoms with van der Waals surface area (Å²) < 4.78 is 25.1. The third-order valence-electron chi connectivity index (χ3n) is 3.48. The van der Waals surface area contributed by atoms with E-state index in [4.69, 9.17) is 15.2 Å². The molecule has 25 heavy (non-hydrogen) atoms. The van der Waals surface area contributed by atoms with E-state index in [1.165, 1.54) is 13.2 Å². The summed E-state index contributed by atoms with van der Waals surface area (Å²) in [5.74, 6) is -0.668. The van der Waals surface area contributed by atoms with Gasteiger partial charge >= 0.3 is 5.97 Å². The molecule has 0 heterocycles. The topological polar surface area (TPSA) is 61.5 Å². The minimum Gasteiger partial charge on any atom is -0.496 e. The minimum absolute atomic E-state index is 0.210. The average Bonchev–Trinajstić information content (AvgIpc) is 2.60.